The van der Waals surface area contributed by atoms with Crippen LogP contribution in [0.25, 0.3) is 5.69 Å². The standard InChI is InChI=1S/C20H21N3O/c1-14-8-7-9-17(12-14)20(24)21-13-19-15(2)22-23(16(19)3)18-10-5-4-6-11-18/h4-12H,13H2,1-3H3,(H,21,24). The summed E-state index contributed by atoms with van der Waals surface area (Å²) in [6.45, 7) is 6.45. The Labute approximate surface area is 142 Å². The molecular formula is C20H21N3O. The average Bonchev–Trinajstić information content (AvgIpc) is 2.88. The summed E-state index contributed by atoms with van der Waals surface area (Å²) in [6, 6.07) is 17.6. The van der Waals surface area contributed by atoms with Gasteiger partial charge in [0.25, 0.3) is 5.91 Å². The third-order valence-electron chi connectivity index (χ3n) is 4.15. The van der Waals surface area contributed by atoms with Crippen molar-refractivity contribution in [3.63, 3.8) is 0 Å². The summed E-state index contributed by atoms with van der Waals surface area (Å²) in [7, 11) is 0. The molecule has 0 radical (unpaired) electrons. The minimum Gasteiger partial charge on any atom is -0.348 e. The van der Waals surface area contributed by atoms with E-state index in [1.165, 1.54) is 0 Å². The number of rotatable bonds is 4. The third-order valence-corrected chi connectivity index (χ3v) is 4.15. The summed E-state index contributed by atoms with van der Waals surface area (Å²) >= 11 is 0. The topological polar surface area (TPSA) is 46.9 Å². The van der Waals surface area contributed by atoms with E-state index in [9.17, 15) is 4.79 Å². The highest BCUT2D eigenvalue weighted by atomic mass is 16.1. The van der Waals surface area contributed by atoms with E-state index in [2.05, 4.69) is 10.4 Å². The lowest BCUT2D eigenvalue weighted by molar-refractivity contribution is 0.0951. The summed E-state index contributed by atoms with van der Waals surface area (Å²) < 4.78 is 1.92. The van der Waals surface area contributed by atoms with E-state index < -0.39 is 0 Å². The molecule has 0 fully saturated rings. The number of benzene rings is 2. The van der Waals surface area contributed by atoms with Gasteiger partial charge in [-0.25, -0.2) is 4.68 Å². The van der Waals surface area contributed by atoms with E-state index in [1.54, 1.807) is 0 Å². The second-order valence-electron chi connectivity index (χ2n) is 5.95. The average molecular weight is 319 g/mol. The van der Waals surface area contributed by atoms with Gasteiger partial charge in [0.05, 0.1) is 11.4 Å². The Balaban J connectivity index is 1.79. The van der Waals surface area contributed by atoms with Crippen LogP contribution in [0.15, 0.2) is 54.6 Å². The fourth-order valence-corrected chi connectivity index (χ4v) is 2.81. The number of hydrogen-bond acceptors (Lipinski definition) is 2. The van der Waals surface area contributed by atoms with Gasteiger partial charge in [-0.2, -0.15) is 5.10 Å². The number of nitrogens with one attached hydrogen (secondary N) is 1. The first-order valence-electron chi connectivity index (χ1n) is 8.01. The molecule has 1 amide bonds. The zero-order valence-corrected chi connectivity index (χ0v) is 14.2. The fourth-order valence-electron chi connectivity index (χ4n) is 2.81. The maximum absolute atomic E-state index is 12.3. The van der Waals surface area contributed by atoms with Crippen LogP contribution >= 0.6 is 0 Å². The first-order valence-corrected chi connectivity index (χ1v) is 8.01. The van der Waals surface area contributed by atoms with Crippen molar-refractivity contribution in [3.8, 4) is 5.69 Å². The van der Waals surface area contributed by atoms with Gasteiger partial charge in [-0.15, -0.1) is 0 Å². The Kier molecular flexibility index (Phi) is 4.47. The van der Waals surface area contributed by atoms with Crippen molar-refractivity contribution >= 4 is 5.91 Å². The maximum atomic E-state index is 12.3. The molecule has 1 N–H and O–H groups in total. The number of para-hydroxylation sites is 1. The molecule has 3 rings (SSSR count). The zero-order chi connectivity index (χ0) is 17.1. The van der Waals surface area contributed by atoms with Gasteiger partial charge in [0.1, 0.15) is 0 Å². The SMILES string of the molecule is Cc1cccc(C(=O)NCc2c(C)nn(-c3ccccc3)c2C)c1. The lowest BCUT2D eigenvalue weighted by atomic mass is 10.1. The highest BCUT2D eigenvalue weighted by Gasteiger charge is 2.14. The molecule has 122 valence electrons. The van der Waals surface area contributed by atoms with Gasteiger partial charge >= 0.3 is 0 Å². The van der Waals surface area contributed by atoms with Crippen LogP contribution in [0, 0.1) is 20.8 Å². The minimum atomic E-state index is -0.0649. The van der Waals surface area contributed by atoms with Crippen molar-refractivity contribution in [1.82, 2.24) is 15.1 Å². The Morgan fingerprint density at radius 2 is 1.79 bits per heavy atom. The quantitative estimate of drug-likeness (QED) is 0.796. The van der Waals surface area contributed by atoms with Gasteiger partial charge in [-0.3, -0.25) is 4.79 Å². The summed E-state index contributed by atoms with van der Waals surface area (Å²) in [4.78, 5) is 12.3. The van der Waals surface area contributed by atoms with Crippen molar-refractivity contribution in [1.29, 1.82) is 0 Å². The van der Waals surface area contributed by atoms with Crippen LogP contribution in [-0.4, -0.2) is 15.7 Å². The monoisotopic (exact) mass is 319 g/mol. The van der Waals surface area contributed by atoms with Crippen LogP contribution in [0.1, 0.15) is 32.9 Å². The molecule has 0 aliphatic heterocycles. The van der Waals surface area contributed by atoms with E-state index in [1.807, 2.05) is 80.1 Å². The van der Waals surface area contributed by atoms with Gasteiger partial charge in [-0.05, 0) is 45.0 Å². The number of aromatic nitrogens is 2. The molecular weight excluding hydrogens is 298 g/mol. The van der Waals surface area contributed by atoms with Gasteiger partial charge in [-0.1, -0.05) is 35.9 Å². The van der Waals surface area contributed by atoms with Crippen LogP contribution in [-0.2, 0) is 6.54 Å². The number of carbonyl (C=O) groups is 1. The van der Waals surface area contributed by atoms with Gasteiger partial charge in [0, 0.05) is 23.4 Å². The normalized spacial score (nSPS) is 10.6. The lowest BCUT2D eigenvalue weighted by Gasteiger charge is -2.07. The second-order valence-corrected chi connectivity index (χ2v) is 5.95. The highest BCUT2D eigenvalue weighted by Crippen LogP contribution is 2.17. The molecule has 1 aromatic heterocycles. The summed E-state index contributed by atoms with van der Waals surface area (Å²) in [5, 5.41) is 7.61. The Hall–Kier alpha value is -2.88. The van der Waals surface area contributed by atoms with Crippen LogP contribution in [0.4, 0.5) is 0 Å². The van der Waals surface area contributed by atoms with Crippen molar-refractivity contribution in [2.24, 2.45) is 0 Å². The van der Waals surface area contributed by atoms with Crippen molar-refractivity contribution in [2.45, 2.75) is 27.3 Å². The molecule has 0 bridgehead atoms. The second kappa shape index (κ2) is 6.71. The molecule has 0 unspecified atom stereocenters. The number of aryl methyl sites for hydroxylation is 2. The van der Waals surface area contributed by atoms with Crippen molar-refractivity contribution in [2.75, 3.05) is 0 Å². The summed E-state index contributed by atoms with van der Waals surface area (Å²) in [6.07, 6.45) is 0. The molecule has 0 saturated carbocycles. The molecule has 0 saturated heterocycles. The third kappa shape index (κ3) is 3.23. The fraction of sp³-hybridized carbons (Fsp3) is 0.200. The number of hydrogen-bond donors (Lipinski definition) is 1. The first-order chi connectivity index (χ1) is 11.6. The number of amides is 1. The zero-order valence-electron chi connectivity index (χ0n) is 14.2. The number of carbonyl (C=O) groups excluding carboxylic acids is 1. The van der Waals surface area contributed by atoms with E-state index >= 15 is 0 Å². The predicted octanol–water partition coefficient (Wildman–Crippen LogP) is 3.73. The Bertz CT molecular complexity index is 866. The minimum absolute atomic E-state index is 0.0649. The van der Waals surface area contributed by atoms with Crippen LogP contribution in [0.2, 0.25) is 0 Å². The molecule has 0 aliphatic rings. The molecule has 0 aliphatic carbocycles. The Morgan fingerprint density at radius 3 is 2.50 bits per heavy atom. The number of nitrogens with zero attached hydrogens (tertiary/aromatic N) is 2. The van der Waals surface area contributed by atoms with E-state index in [0.717, 1.165) is 28.2 Å². The molecule has 0 atom stereocenters. The largest absolute Gasteiger partial charge is 0.348 e. The molecule has 3 aromatic rings. The van der Waals surface area contributed by atoms with E-state index in [-0.39, 0.29) is 5.91 Å². The maximum Gasteiger partial charge on any atom is 0.251 e. The summed E-state index contributed by atoms with van der Waals surface area (Å²) in [5.74, 6) is -0.0649. The van der Waals surface area contributed by atoms with E-state index in [0.29, 0.717) is 12.1 Å². The first kappa shape index (κ1) is 16.0. The highest BCUT2D eigenvalue weighted by molar-refractivity contribution is 5.94. The molecule has 2 aromatic carbocycles. The van der Waals surface area contributed by atoms with Crippen LogP contribution in [0.5, 0.6) is 0 Å². The molecule has 0 spiro atoms. The van der Waals surface area contributed by atoms with Crippen molar-refractivity contribution < 1.29 is 4.79 Å². The van der Waals surface area contributed by atoms with Crippen molar-refractivity contribution in [3.05, 3.63) is 82.7 Å². The van der Waals surface area contributed by atoms with Crippen LogP contribution in [0.3, 0.4) is 0 Å². The molecule has 4 nitrogen and oxygen atoms in total. The molecule has 4 heteroatoms. The molecule has 1 heterocycles. The lowest BCUT2D eigenvalue weighted by Crippen LogP contribution is -2.23. The Morgan fingerprint density at radius 1 is 1.04 bits per heavy atom. The smallest absolute Gasteiger partial charge is 0.251 e. The molecule has 24 heavy (non-hydrogen) atoms. The van der Waals surface area contributed by atoms with Gasteiger partial charge < -0.3 is 5.32 Å². The van der Waals surface area contributed by atoms with Gasteiger partial charge in [0.2, 0.25) is 0 Å². The predicted molar refractivity (Wildman–Crippen MR) is 95.4 cm³/mol. The van der Waals surface area contributed by atoms with Crippen LogP contribution < -0.4 is 5.32 Å². The van der Waals surface area contributed by atoms with Gasteiger partial charge in [0.15, 0.2) is 0 Å². The van der Waals surface area contributed by atoms with E-state index in [4.69, 9.17) is 0 Å². The summed E-state index contributed by atoms with van der Waals surface area (Å²) in [5.41, 5.74) is 5.81.